The van der Waals surface area contributed by atoms with E-state index in [1.54, 1.807) is 31.2 Å². The molecule has 0 bridgehead atoms. The summed E-state index contributed by atoms with van der Waals surface area (Å²) in [5.74, 6) is -0.830. The number of nitrogens with one attached hydrogen (secondary N) is 2. The van der Waals surface area contributed by atoms with Gasteiger partial charge in [-0.2, -0.15) is 0 Å². The van der Waals surface area contributed by atoms with Crippen LogP contribution < -0.4 is 10.6 Å². The minimum atomic E-state index is -1.18. The van der Waals surface area contributed by atoms with E-state index in [0.717, 1.165) is 21.2 Å². The molecule has 1 aliphatic heterocycles. The molecule has 1 heterocycles. The first-order valence-corrected chi connectivity index (χ1v) is 9.86. The quantitative estimate of drug-likeness (QED) is 0.643. The van der Waals surface area contributed by atoms with Crippen LogP contribution in [0.5, 0.6) is 0 Å². The van der Waals surface area contributed by atoms with Gasteiger partial charge in [-0.3, -0.25) is 14.5 Å². The Kier molecular flexibility index (Phi) is 4.99. The molecule has 0 spiro atoms. The lowest BCUT2D eigenvalue weighted by Gasteiger charge is -2.22. The van der Waals surface area contributed by atoms with Crippen molar-refractivity contribution in [3.8, 4) is 0 Å². The summed E-state index contributed by atoms with van der Waals surface area (Å²) >= 11 is 0. The third-order valence-corrected chi connectivity index (χ3v) is 5.58. The minimum Gasteiger partial charge on any atom is -0.348 e. The number of urea groups is 1. The van der Waals surface area contributed by atoms with Gasteiger partial charge in [-0.1, -0.05) is 66.7 Å². The molecule has 3 aromatic carbocycles. The highest BCUT2D eigenvalue weighted by Gasteiger charge is 2.49. The van der Waals surface area contributed by atoms with E-state index in [0.29, 0.717) is 5.56 Å². The second kappa shape index (κ2) is 7.63. The molecule has 2 atom stereocenters. The lowest BCUT2D eigenvalue weighted by atomic mass is 9.92. The summed E-state index contributed by atoms with van der Waals surface area (Å²) in [6.45, 7) is 3.20. The van der Waals surface area contributed by atoms with Gasteiger partial charge >= 0.3 is 6.03 Å². The van der Waals surface area contributed by atoms with Gasteiger partial charge < -0.3 is 10.6 Å². The molecular weight excluding hydrogens is 378 g/mol. The Labute approximate surface area is 174 Å². The highest BCUT2D eigenvalue weighted by Crippen LogP contribution is 2.28. The molecule has 0 radical (unpaired) electrons. The van der Waals surface area contributed by atoms with Crippen LogP contribution in [-0.2, 0) is 15.1 Å². The Hall–Kier alpha value is -3.67. The number of hydrogen-bond acceptors (Lipinski definition) is 3. The summed E-state index contributed by atoms with van der Waals surface area (Å²) in [7, 11) is 0. The second-order valence-corrected chi connectivity index (χ2v) is 7.71. The zero-order chi connectivity index (χ0) is 21.3. The van der Waals surface area contributed by atoms with E-state index in [1.165, 1.54) is 0 Å². The van der Waals surface area contributed by atoms with Gasteiger partial charge in [0.25, 0.3) is 5.91 Å². The van der Waals surface area contributed by atoms with Crippen LogP contribution in [0.2, 0.25) is 0 Å². The summed E-state index contributed by atoms with van der Waals surface area (Å²) < 4.78 is 0. The average Bonchev–Trinajstić information content (AvgIpc) is 2.98. The summed E-state index contributed by atoms with van der Waals surface area (Å²) in [4.78, 5) is 38.9. The fourth-order valence-corrected chi connectivity index (χ4v) is 3.80. The highest BCUT2D eigenvalue weighted by atomic mass is 16.2. The smallest absolute Gasteiger partial charge is 0.325 e. The average molecular weight is 401 g/mol. The van der Waals surface area contributed by atoms with E-state index in [4.69, 9.17) is 0 Å². The predicted molar refractivity (Wildman–Crippen MR) is 115 cm³/mol. The maximum Gasteiger partial charge on any atom is 0.325 e. The van der Waals surface area contributed by atoms with E-state index >= 15 is 0 Å². The van der Waals surface area contributed by atoms with Crippen molar-refractivity contribution in [2.75, 3.05) is 6.54 Å². The largest absolute Gasteiger partial charge is 0.348 e. The molecule has 0 aliphatic carbocycles. The van der Waals surface area contributed by atoms with Gasteiger partial charge in [0.2, 0.25) is 5.91 Å². The lowest BCUT2D eigenvalue weighted by molar-refractivity contribution is -0.135. The standard InChI is InChI=1S/C24H23N3O3/c1-16(18-13-12-17-8-6-7-9-19(17)14-18)25-21(28)15-27-22(29)24(2,26-23(27)30)20-10-4-3-5-11-20/h3-14,16H,15H2,1-2H3,(H,25,28)(H,26,30)/t16-,24-/m0/s1. The topological polar surface area (TPSA) is 78.5 Å². The number of amides is 4. The molecule has 1 saturated heterocycles. The van der Waals surface area contributed by atoms with E-state index in [2.05, 4.69) is 10.6 Å². The Morgan fingerprint density at radius 1 is 1.00 bits per heavy atom. The summed E-state index contributed by atoms with van der Waals surface area (Å²) in [5, 5.41) is 7.81. The molecule has 6 heteroatoms. The number of hydrogen-bond donors (Lipinski definition) is 2. The molecule has 0 aromatic heterocycles. The maximum absolute atomic E-state index is 12.9. The first kappa shape index (κ1) is 19.6. The van der Waals surface area contributed by atoms with Crippen LogP contribution in [0.15, 0.2) is 72.8 Å². The molecule has 3 aromatic rings. The minimum absolute atomic E-state index is 0.261. The van der Waals surface area contributed by atoms with Crippen LogP contribution in [0, 0.1) is 0 Å². The molecular formula is C24H23N3O3. The van der Waals surface area contributed by atoms with Gasteiger partial charge in [0.1, 0.15) is 12.1 Å². The van der Waals surface area contributed by atoms with Gasteiger partial charge in [-0.15, -0.1) is 0 Å². The van der Waals surface area contributed by atoms with Crippen molar-refractivity contribution in [1.82, 2.24) is 15.5 Å². The first-order chi connectivity index (χ1) is 14.4. The van der Waals surface area contributed by atoms with Gasteiger partial charge in [0.05, 0.1) is 6.04 Å². The zero-order valence-electron chi connectivity index (χ0n) is 16.9. The van der Waals surface area contributed by atoms with Crippen LogP contribution in [-0.4, -0.2) is 29.3 Å². The first-order valence-electron chi connectivity index (χ1n) is 9.86. The van der Waals surface area contributed by atoms with Gasteiger partial charge in [0.15, 0.2) is 0 Å². The van der Waals surface area contributed by atoms with Crippen molar-refractivity contribution in [2.45, 2.75) is 25.4 Å². The van der Waals surface area contributed by atoms with Crippen molar-refractivity contribution in [3.05, 3.63) is 83.9 Å². The maximum atomic E-state index is 12.9. The van der Waals surface area contributed by atoms with Gasteiger partial charge in [0, 0.05) is 0 Å². The summed E-state index contributed by atoms with van der Waals surface area (Å²) in [6.07, 6.45) is 0. The molecule has 30 heavy (non-hydrogen) atoms. The number of fused-ring (bicyclic) bond motifs is 1. The Balaban J connectivity index is 1.45. The molecule has 0 saturated carbocycles. The van der Waals surface area contributed by atoms with Crippen molar-refractivity contribution in [3.63, 3.8) is 0 Å². The molecule has 6 nitrogen and oxygen atoms in total. The van der Waals surface area contributed by atoms with Gasteiger partial charge in [-0.25, -0.2) is 4.79 Å². The van der Waals surface area contributed by atoms with Crippen LogP contribution in [0.3, 0.4) is 0 Å². The van der Waals surface area contributed by atoms with Crippen LogP contribution in [0.1, 0.15) is 31.0 Å². The number of imide groups is 1. The molecule has 4 amide bonds. The number of rotatable bonds is 5. The van der Waals surface area contributed by atoms with Gasteiger partial charge in [-0.05, 0) is 41.8 Å². The molecule has 152 valence electrons. The fourth-order valence-electron chi connectivity index (χ4n) is 3.80. The number of carbonyl (C=O) groups excluding carboxylic acids is 3. The summed E-state index contributed by atoms with van der Waals surface area (Å²) in [6, 6.07) is 22.2. The zero-order valence-corrected chi connectivity index (χ0v) is 16.9. The lowest BCUT2D eigenvalue weighted by Crippen LogP contribution is -2.43. The molecule has 4 rings (SSSR count). The van der Waals surface area contributed by atoms with Crippen molar-refractivity contribution in [2.24, 2.45) is 0 Å². The third kappa shape index (κ3) is 3.52. The monoisotopic (exact) mass is 401 g/mol. The normalized spacial score (nSPS) is 19.6. The Morgan fingerprint density at radius 3 is 2.40 bits per heavy atom. The Bertz CT molecular complexity index is 1130. The van der Waals surface area contributed by atoms with Crippen LogP contribution >= 0.6 is 0 Å². The second-order valence-electron chi connectivity index (χ2n) is 7.71. The van der Waals surface area contributed by atoms with E-state index in [-0.39, 0.29) is 12.6 Å². The number of nitrogens with zero attached hydrogens (tertiary/aromatic N) is 1. The SMILES string of the molecule is C[C@H](NC(=O)CN1C(=O)N[C@@](C)(c2ccccc2)C1=O)c1ccc2ccccc2c1. The number of benzene rings is 3. The van der Waals surface area contributed by atoms with Crippen molar-refractivity contribution >= 4 is 28.6 Å². The molecule has 1 fully saturated rings. The number of carbonyl (C=O) groups is 3. The van der Waals surface area contributed by atoms with Crippen LogP contribution in [0.4, 0.5) is 4.79 Å². The van der Waals surface area contributed by atoms with E-state index in [1.807, 2.05) is 55.5 Å². The molecule has 1 aliphatic rings. The van der Waals surface area contributed by atoms with Crippen molar-refractivity contribution < 1.29 is 14.4 Å². The highest BCUT2D eigenvalue weighted by molar-refractivity contribution is 6.09. The van der Waals surface area contributed by atoms with Crippen molar-refractivity contribution in [1.29, 1.82) is 0 Å². The molecule has 2 N–H and O–H groups in total. The summed E-state index contributed by atoms with van der Waals surface area (Å²) in [5.41, 5.74) is 0.451. The fraction of sp³-hybridized carbons (Fsp3) is 0.208. The Morgan fingerprint density at radius 2 is 1.67 bits per heavy atom. The predicted octanol–water partition coefficient (Wildman–Crippen LogP) is 3.48. The third-order valence-electron chi connectivity index (χ3n) is 5.58. The van der Waals surface area contributed by atoms with E-state index in [9.17, 15) is 14.4 Å². The molecule has 0 unspecified atom stereocenters. The van der Waals surface area contributed by atoms with E-state index < -0.39 is 23.4 Å². The van der Waals surface area contributed by atoms with Crippen LogP contribution in [0.25, 0.3) is 10.8 Å².